The number of carbonyl (C=O) groups excluding carboxylic acids is 1. The zero-order valence-electron chi connectivity index (χ0n) is 29.4. The summed E-state index contributed by atoms with van der Waals surface area (Å²) in [6.07, 6.45) is -38.0. The van der Waals surface area contributed by atoms with Crippen molar-refractivity contribution in [2.24, 2.45) is 0 Å². The molecule has 25 heteroatoms. The summed E-state index contributed by atoms with van der Waals surface area (Å²) >= 11 is 0. The molecule has 3 heterocycles. The van der Waals surface area contributed by atoms with Crippen LogP contribution in [0.25, 0.3) is 0 Å². The van der Waals surface area contributed by atoms with Crippen LogP contribution in [0.2, 0.25) is 0 Å². The van der Waals surface area contributed by atoms with Gasteiger partial charge in [-0.3, -0.25) is 0 Å². The van der Waals surface area contributed by atoms with E-state index >= 15 is 0 Å². The van der Waals surface area contributed by atoms with Gasteiger partial charge in [-0.05, 0) is 5.57 Å². The monoisotopic (exact) mass is 823 g/mol. The van der Waals surface area contributed by atoms with Gasteiger partial charge in [0.05, 0.1) is 51.2 Å². The average Bonchev–Trinajstić information content (AvgIpc) is 3.20. The Kier molecular flexibility index (Phi) is 17.4. The summed E-state index contributed by atoms with van der Waals surface area (Å²) in [7, 11) is 0. The maximum absolute atomic E-state index is 11.1. The summed E-state index contributed by atoms with van der Waals surface area (Å²) in [5.41, 5.74) is -0.199. The van der Waals surface area contributed by atoms with E-state index in [4.69, 9.17) is 28.4 Å². The summed E-state index contributed by atoms with van der Waals surface area (Å²) < 4.78 is 33.1. The first-order chi connectivity index (χ1) is 26.5. The van der Waals surface area contributed by atoms with Gasteiger partial charge < -0.3 is 125 Å². The van der Waals surface area contributed by atoms with E-state index in [1.807, 2.05) is 0 Å². The van der Waals surface area contributed by atoms with Crippen molar-refractivity contribution in [2.45, 2.75) is 141 Å². The predicted octanol–water partition coefficient (Wildman–Crippen LogP) is -11.9. The van der Waals surface area contributed by atoms with Crippen molar-refractivity contribution >= 4 is 6.29 Å². The highest BCUT2D eigenvalue weighted by molar-refractivity contribution is 5.56. The van der Waals surface area contributed by atoms with Crippen LogP contribution >= 0.6 is 0 Å². The van der Waals surface area contributed by atoms with Crippen LogP contribution in [-0.2, 0) is 33.2 Å². The van der Waals surface area contributed by atoms with E-state index in [9.17, 15) is 91.6 Å². The molecule has 0 amide bonds. The second kappa shape index (κ2) is 20.6. The third-order valence-corrected chi connectivity index (χ3v) is 10.2. The zero-order chi connectivity index (χ0) is 41.8. The molecule has 0 spiro atoms. The topological polar surface area (TPSA) is 428 Å². The van der Waals surface area contributed by atoms with E-state index in [0.29, 0.717) is 0 Å². The van der Waals surface area contributed by atoms with Gasteiger partial charge in [0.15, 0.2) is 25.2 Å². The quantitative estimate of drug-likeness (QED) is 0.0478. The smallest absolute Gasteiger partial charge is 0.187 e. The molecule has 4 rings (SSSR count). The largest absolute Gasteiger partial charge is 0.394 e. The molecule has 0 aromatic heterocycles. The Morgan fingerprint density at radius 2 is 1.07 bits per heavy atom. The van der Waals surface area contributed by atoms with Crippen LogP contribution in [0.3, 0.4) is 0 Å². The van der Waals surface area contributed by atoms with Crippen molar-refractivity contribution in [1.29, 1.82) is 0 Å². The molecule has 18 N–H and O–H groups in total. The summed E-state index contributed by atoms with van der Waals surface area (Å²) in [6.45, 7) is -4.58. The minimum atomic E-state index is -2.10. The number of hydrogen-bond acceptors (Lipinski definition) is 25. The van der Waals surface area contributed by atoms with Gasteiger partial charge in [0, 0.05) is 0 Å². The van der Waals surface area contributed by atoms with Gasteiger partial charge in [0.2, 0.25) is 0 Å². The highest BCUT2D eigenvalue weighted by atomic mass is 16.8. The number of carbonyl (C=O) groups is 1. The fourth-order valence-corrected chi connectivity index (χ4v) is 6.86. The standard InChI is InChI=1S/C31H53NO24/c33-2-8-1-9(32-15(10(39)3-34)17(42)11(40)4-35)16(41)20(45)26(8)54-30-24(49)21(46)28(13(6-37)52-30)56-31-25(50)22(47)27(14(7-38)53-31)55-29-23(48)19(44)18(43)12(5-36)51-29/h1,4,9-34,36-50H,2-3,5-7H2. The SMILES string of the molecule is O=CC(O)C(O)C(NC1C=C(CO)C(OC2OC(CO)C(OC3OC(CO)C(OC4OC(CO)C(O)C(O)C4O)C(O)C3O)C(O)C2O)C(O)C1O)C(O)CO. The molecule has 23 unspecified atom stereocenters. The number of ether oxygens (including phenoxy) is 6. The highest BCUT2D eigenvalue weighted by Gasteiger charge is 2.54. The lowest BCUT2D eigenvalue weighted by Crippen LogP contribution is -2.67. The molecule has 0 bridgehead atoms. The summed E-state index contributed by atoms with van der Waals surface area (Å²) in [4.78, 5) is 11.0. The summed E-state index contributed by atoms with van der Waals surface area (Å²) in [5, 5.41) is 178. The fraction of sp³-hybridized carbons (Fsp3) is 0.903. The lowest BCUT2D eigenvalue weighted by Gasteiger charge is -2.48. The van der Waals surface area contributed by atoms with Crippen molar-refractivity contribution in [3.8, 4) is 0 Å². The van der Waals surface area contributed by atoms with E-state index in [-0.39, 0.29) is 11.9 Å². The summed E-state index contributed by atoms with van der Waals surface area (Å²) in [5.74, 6) is 0. The number of aliphatic hydroxyl groups excluding tert-OH is 17. The number of nitrogens with one attached hydrogen (secondary N) is 1. The van der Waals surface area contributed by atoms with Gasteiger partial charge in [-0.2, -0.15) is 0 Å². The maximum atomic E-state index is 11.1. The maximum Gasteiger partial charge on any atom is 0.187 e. The number of rotatable bonds is 17. The Labute approximate surface area is 317 Å². The van der Waals surface area contributed by atoms with Crippen LogP contribution in [0.4, 0.5) is 0 Å². The van der Waals surface area contributed by atoms with Gasteiger partial charge in [-0.1, -0.05) is 6.08 Å². The zero-order valence-corrected chi connectivity index (χ0v) is 29.4. The van der Waals surface area contributed by atoms with E-state index in [1.165, 1.54) is 0 Å². The van der Waals surface area contributed by atoms with Crippen molar-refractivity contribution in [3.63, 3.8) is 0 Å². The number of aliphatic hydroxyl groups is 17. The molecular formula is C31H53NO24. The Morgan fingerprint density at radius 1 is 0.607 bits per heavy atom. The van der Waals surface area contributed by atoms with E-state index in [0.717, 1.165) is 6.08 Å². The molecule has 3 saturated heterocycles. The molecule has 4 aliphatic rings. The van der Waals surface area contributed by atoms with Crippen LogP contribution in [0, 0.1) is 0 Å². The molecule has 0 radical (unpaired) electrons. The first kappa shape index (κ1) is 47.1. The van der Waals surface area contributed by atoms with Gasteiger partial charge in [0.25, 0.3) is 0 Å². The third-order valence-electron chi connectivity index (χ3n) is 10.2. The molecule has 326 valence electrons. The summed E-state index contributed by atoms with van der Waals surface area (Å²) in [6, 6.07) is -3.09. The Bertz CT molecular complexity index is 1250. The molecule has 23 atom stereocenters. The minimum Gasteiger partial charge on any atom is -0.394 e. The number of aldehydes is 1. The second-order valence-corrected chi connectivity index (χ2v) is 13.8. The first-order valence-electron chi connectivity index (χ1n) is 17.6. The van der Waals surface area contributed by atoms with Crippen LogP contribution in [0.1, 0.15) is 0 Å². The lowest BCUT2D eigenvalue weighted by atomic mass is 9.86. The fourth-order valence-electron chi connectivity index (χ4n) is 6.86. The Balaban J connectivity index is 1.45. The molecule has 0 saturated carbocycles. The normalized spacial score (nSPS) is 45.7. The minimum absolute atomic E-state index is 0.0470. The second-order valence-electron chi connectivity index (χ2n) is 13.8. The molecule has 56 heavy (non-hydrogen) atoms. The van der Waals surface area contributed by atoms with Crippen molar-refractivity contribution in [2.75, 3.05) is 33.0 Å². The Morgan fingerprint density at radius 3 is 1.52 bits per heavy atom. The van der Waals surface area contributed by atoms with Crippen LogP contribution in [0.5, 0.6) is 0 Å². The van der Waals surface area contributed by atoms with Crippen molar-refractivity contribution in [1.82, 2.24) is 5.32 Å². The highest BCUT2D eigenvalue weighted by Crippen LogP contribution is 2.34. The third kappa shape index (κ3) is 9.90. The van der Waals surface area contributed by atoms with Gasteiger partial charge in [-0.15, -0.1) is 0 Å². The van der Waals surface area contributed by atoms with Gasteiger partial charge in [-0.25, -0.2) is 0 Å². The van der Waals surface area contributed by atoms with Crippen molar-refractivity contribution < 1.29 is 120 Å². The van der Waals surface area contributed by atoms with E-state index in [2.05, 4.69) is 5.32 Å². The molecule has 3 aliphatic heterocycles. The predicted molar refractivity (Wildman–Crippen MR) is 173 cm³/mol. The Hall–Kier alpha value is -1.55. The van der Waals surface area contributed by atoms with E-state index in [1.54, 1.807) is 0 Å². The molecule has 3 fully saturated rings. The van der Waals surface area contributed by atoms with E-state index < -0.39 is 174 Å². The van der Waals surface area contributed by atoms with Crippen LogP contribution in [0.15, 0.2) is 11.6 Å². The average molecular weight is 824 g/mol. The van der Waals surface area contributed by atoms with Gasteiger partial charge >= 0.3 is 0 Å². The van der Waals surface area contributed by atoms with Crippen LogP contribution in [-0.4, -0.2) is 267 Å². The van der Waals surface area contributed by atoms with Crippen LogP contribution < -0.4 is 5.32 Å². The first-order valence-corrected chi connectivity index (χ1v) is 17.6. The molecule has 0 aromatic rings. The van der Waals surface area contributed by atoms with Gasteiger partial charge in [0.1, 0.15) is 104 Å². The van der Waals surface area contributed by atoms with Crippen molar-refractivity contribution in [3.05, 3.63) is 11.6 Å². The lowest BCUT2D eigenvalue weighted by molar-refractivity contribution is -0.381. The molecule has 25 nitrogen and oxygen atoms in total. The molecular weight excluding hydrogens is 770 g/mol. The number of hydrogen-bond donors (Lipinski definition) is 18. The molecule has 0 aromatic carbocycles. The molecule has 1 aliphatic carbocycles.